The first-order valence-corrected chi connectivity index (χ1v) is 8.48. The summed E-state index contributed by atoms with van der Waals surface area (Å²) >= 11 is 5.69. The molecule has 0 saturated heterocycles. The molecule has 1 aliphatic rings. The van der Waals surface area contributed by atoms with Crippen LogP contribution in [0, 0.1) is 10.1 Å². The Morgan fingerprint density at radius 3 is 2.64 bits per heavy atom. The van der Waals surface area contributed by atoms with E-state index in [0.29, 0.717) is 19.6 Å². The number of esters is 1. The summed E-state index contributed by atoms with van der Waals surface area (Å²) in [5, 5.41) is 13.8. The van der Waals surface area contributed by atoms with Crippen molar-refractivity contribution in [1.82, 2.24) is 4.98 Å². The van der Waals surface area contributed by atoms with Gasteiger partial charge in [0.15, 0.2) is 18.1 Å². The fourth-order valence-electron chi connectivity index (χ4n) is 2.38. The number of fused-ring (bicyclic) bond motifs is 1. The number of aromatic nitrogens is 1. The molecule has 1 aromatic carbocycles. The second kappa shape index (κ2) is 8.53. The van der Waals surface area contributed by atoms with E-state index in [1.165, 1.54) is 30.5 Å². The number of nitro benzene ring substituents is 1. The smallest absolute Gasteiger partial charge is 0.338 e. The SMILES string of the molecule is O=C(COC(=O)c1ccnc(Cl)c1)Nc1cc2c(cc1[N+](=O)[O-])OCCCO2. The summed E-state index contributed by atoms with van der Waals surface area (Å²) in [5.74, 6) is -1.04. The Bertz CT molecular complexity index is 935. The molecule has 11 heteroatoms. The highest BCUT2D eigenvalue weighted by Gasteiger charge is 2.23. The Hall–Kier alpha value is -3.40. The van der Waals surface area contributed by atoms with E-state index >= 15 is 0 Å². The van der Waals surface area contributed by atoms with Crippen LogP contribution in [0.3, 0.4) is 0 Å². The highest BCUT2D eigenvalue weighted by atomic mass is 35.5. The van der Waals surface area contributed by atoms with Crippen LogP contribution in [0.25, 0.3) is 0 Å². The second-order valence-corrected chi connectivity index (χ2v) is 6.00. The number of carbonyl (C=O) groups is 2. The van der Waals surface area contributed by atoms with Crippen LogP contribution < -0.4 is 14.8 Å². The molecule has 28 heavy (non-hydrogen) atoms. The van der Waals surface area contributed by atoms with Crippen LogP contribution in [0.15, 0.2) is 30.5 Å². The van der Waals surface area contributed by atoms with E-state index in [4.69, 9.17) is 25.8 Å². The van der Waals surface area contributed by atoms with Crippen molar-refractivity contribution in [3.05, 3.63) is 51.3 Å². The summed E-state index contributed by atoms with van der Waals surface area (Å²) in [6, 6.07) is 5.15. The Morgan fingerprint density at radius 2 is 1.96 bits per heavy atom. The van der Waals surface area contributed by atoms with Crippen LogP contribution in [-0.2, 0) is 9.53 Å². The first kappa shape index (κ1) is 19.4. The van der Waals surface area contributed by atoms with Gasteiger partial charge < -0.3 is 19.5 Å². The maximum atomic E-state index is 12.1. The number of benzene rings is 1. The van der Waals surface area contributed by atoms with Crippen LogP contribution in [0.2, 0.25) is 5.15 Å². The zero-order valence-electron chi connectivity index (χ0n) is 14.3. The molecule has 3 rings (SSSR count). The molecular formula is C17H14ClN3O7. The normalized spacial score (nSPS) is 12.6. The molecule has 1 aromatic heterocycles. The minimum atomic E-state index is -0.785. The van der Waals surface area contributed by atoms with Crippen LogP contribution in [0.4, 0.5) is 11.4 Å². The van der Waals surface area contributed by atoms with Gasteiger partial charge in [0.2, 0.25) is 0 Å². The van der Waals surface area contributed by atoms with Gasteiger partial charge in [-0.2, -0.15) is 0 Å². The van der Waals surface area contributed by atoms with Crippen molar-refractivity contribution in [3.63, 3.8) is 0 Å². The number of hydrogen-bond acceptors (Lipinski definition) is 8. The van der Waals surface area contributed by atoms with Crippen LogP contribution >= 0.6 is 11.6 Å². The molecule has 0 spiro atoms. The van der Waals surface area contributed by atoms with Gasteiger partial charge in [-0.3, -0.25) is 14.9 Å². The lowest BCUT2D eigenvalue weighted by Gasteiger charge is -2.11. The molecule has 0 fully saturated rings. The minimum Gasteiger partial charge on any atom is -0.489 e. The number of amides is 1. The van der Waals surface area contributed by atoms with Gasteiger partial charge in [-0.1, -0.05) is 11.6 Å². The fraction of sp³-hybridized carbons (Fsp3) is 0.235. The quantitative estimate of drug-likeness (QED) is 0.346. The number of anilines is 1. The molecule has 0 aliphatic carbocycles. The Balaban J connectivity index is 1.70. The van der Waals surface area contributed by atoms with Crippen molar-refractivity contribution in [2.75, 3.05) is 25.1 Å². The van der Waals surface area contributed by atoms with Crippen LogP contribution in [-0.4, -0.2) is 41.6 Å². The molecular weight excluding hydrogens is 394 g/mol. The summed E-state index contributed by atoms with van der Waals surface area (Å²) in [6.07, 6.45) is 1.94. The average Bonchev–Trinajstić information content (AvgIpc) is 2.90. The number of rotatable bonds is 5. The summed E-state index contributed by atoms with van der Waals surface area (Å²) in [6.45, 7) is 0.0967. The van der Waals surface area contributed by atoms with Crippen molar-refractivity contribution in [1.29, 1.82) is 0 Å². The van der Waals surface area contributed by atoms with Gasteiger partial charge in [-0.25, -0.2) is 9.78 Å². The number of nitro groups is 1. The van der Waals surface area contributed by atoms with Crippen molar-refractivity contribution in [3.8, 4) is 11.5 Å². The summed E-state index contributed by atoms with van der Waals surface area (Å²) in [5.41, 5.74) is -0.346. The van der Waals surface area contributed by atoms with E-state index in [-0.39, 0.29) is 33.6 Å². The molecule has 2 aromatic rings. The Kier molecular flexibility index (Phi) is 5.90. The molecule has 0 saturated carbocycles. The van der Waals surface area contributed by atoms with E-state index in [9.17, 15) is 19.7 Å². The lowest BCUT2D eigenvalue weighted by atomic mass is 10.2. The van der Waals surface area contributed by atoms with Crippen molar-refractivity contribution < 1.29 is 28.7 Å². The van der Waals surface area contributed by atoms with Crippen molar-refractivity contribution in [2.45, 2.75) is 6.42 Å². The third kappa shape index (κ3) is 4.65. The molecule has 0 radical (unpaired) electrons. The molecule has 2 heterocycles. The van der Waals surface area contributed by atoms with Crippen LogP contribution in [0.5, 0.6) is 11.5 Å². The number of pyridine rings is 1. The molecule has 1 aliphatic heterocycles. The summed E-state index contributed by atoms with van der Waals surface area (Å²) < 4.78 is 15.8. The van der Waals surface area contributed by atoms with E-state index in [1.54, 1.807) is 0 Å². The number of hydrogen-bond donors (Lipinski definition) is 1. The number of nitrogens with zero attached hydrogens (tertiary/aromatic N) is 2. The molecule has 1 N–H and O–H groups in total. The molecule has 0 unspecified atom stereocenters. The predicted octanol–water partition coefficient (Wildman–Crippen LogP) is 2.60. The predicted molar refractivity (Wildman–Crippen MR) is 96.9 cm³/mol. The van der Waals surface area contributed by atoms with Crippen molar-refractivity contribution in [2.24, 2.45) is 0 Å². The molecule has 1 amide bonds. The first-order chi connectivity index (χ1) is 13.4. The number of ether oxygens (including phenoxy) is 3. The lowest BCUT2D eigenvalue weighted by molar-refractivity contribution is -0.384. The van der Waals surface area contributed by atoms with E-state index in [0.717, 1.165) is 0 Å². The summed E-state index contributed by atoms with van der Waals surface area (Å²) in [4.78, 5) is 38.4. The molecule has 146 valence electrons. The third-order valence-electron chi connectivity index (χ3n) is 3.63. The minimum absolute atomic E-state index is 0.0951. The van der Waals surface area contributed by atoms with E-state index < -0.39 is 23.4 Å². The maximum absolute atomic E-state index is 12.1. The van der Waals surface area contributed by atoms with Gasteiger partial charge in [0.1, 0.15) is 10.8 Å². The lowest BCUT2D eigenvalue weighted by Crippen LogP contribution is -2.21. The Morgan fingerprint density at radius 1 is 1.25 bits per heavy atom. The third-order valence-corrected chi connectivity index (χ3v) is 3.84. The van der Waals surface area contributed by atoms with Gasteiger partial charge in [0, 0.05) is 18.7 Å². The van der Waals surface area contributed by atoms with Gasteiger partial charge >= 0.3 is 5.97 Å². The monoisotopic (exact) mass is 407 g/mol. The standard InChI is InChI=1S/C17H14ClN3O7/c18-15-6-10(2-3-19-15)17(23)28-9-16(22)20-11-7-13-14(8-12(11)21(24)25)27-5-1-4-26-13/h2-3,6-8H,1,4-5,9H2,(H,20,22). The van der Waals surface area contributed by atoms with Gasteiger partial charge in [-0.05, 0) is 12.1 Å². The highest BCUT2D eigenvalue weighted by molar-refractivity contribution is 6.29. The largest absolute Gasteiger partial charge is 0.489 e. The van der Waals surface area contributed by atoms with E-state index in [1.807, 2.05) is 0 Å². The molecule has 0 atom stereocenters. The number of nitrogens with one attached hydrogen (secondary N) is 1. The maximum Gasteiger partial charge on any atom is 0.338 e. The first-order valence-electron chi connectivity index (χ1n) is 8.10. The Labute approximate surface area is 163 Å². The number of halogens is 1. The van der Waals surface area contributed by atoms with Gasteiger partial charge in [0.25, 0.3) is 11.6 Å². The zero-order valence-corrected chi connectivity index (χ0v) is 15.1. The second-order valence-electron chi connectivity index (χ2n) is 5.62. The zero-order chi connectivity index (χ0) is 20.1. The van der Waals surface area contributed by atoms with Gasteiger partial charge in [0.05, 0.1) is 29.8 Å². The van der Waals surface area contributed by atoms with E-state index in [2.05, 4.69) is 10.3 Å². The van der Waals surface area contributed by atoms with Gasteiger partial charge in [-0.15, -0.1) is 0 Å². The fourth-order valence-corrected chi connectivity index (χ4v) is 2.55. The van der Waals surface area contributed by atoms with Crippen LogP contribution in [0.1, 0.15) is 16.8 Å². The molecule has 0 bridgehead atoms. The average molecular weight is 408 g/mol. The molecule has 10 nitrogen and oxygen atoms in total. The number of carbonyl (C=O) groups excluding carboxylic acids is 2. The highest BCUT2D eigenvalue weighted by Crippen LogP contribution is 2.39. The summed E-state index contributed by atoms with van der Waals surface area (Å²) in [7, 11) is 0. The topological polar surface area (TPSA) is 130 Å². The van der Waals surface area contributed by atoms with Crippen molar-refractivity contribution >= 4 is 34.9 Å².